The summed E-state index contributed by atoms with van der Waals surface area (Å²) in [5.41, 5.74) is 4.69. The number of aromatic nitrogens is 2. The number of amides is 1. The van der Waals surface area contributed by atoms with Crippen LogP contribution in [0.3, 0.4) is 0 Å². The van der Waals surface area contributed by atoms with Gasteiger partial charge < -0.3 is 5.32 Å². The maximum Gasteiger partial charge on any atom is 0.439 e. The summed E-state index contributed by atoms with van der Waals surface area (Å²) in [6.45, 7) is 0. The average Bonchev–Trinajstić information content (AvgIpc) is 3.25. The van der Waals surface area contributed by atoms with E-state index in [-0.39, 0.29) is 11.6 Å². The molecule has 0 bridgehead atoms. The molecule has 1 aliphatic rings. The molecule has 0 saturated heterocycles. The predicted molar refractivity (Wildman–Crippen MR) is 118 cm³/mol. The molecule has 32 heavy (non-hydrogen) atoms. The molecule has 1 aliphatic carbocycles. The van der Waals surface area contributed by atoms with Crippen LogP contribution in [0.25, 0.3) is 22.5 Å². The summed E-state index contributed by atoms with van der Waals surface area (Å²) in [4.78, 5) is 26.5. The molecule has 2 N–H and O–H groups in total. The Morgan fingerprint density at radius 1 is 1.00 bits per heavy atom. The number of fused-ring (bicyclic) bond motifs is 1. The zero-order valence-corrected chi connectivity index (χ0v) is 17.1. The monoisotopic (exact) mass is 429 g/mol. The molecule has 0 spiro atoms. The van der Waals surface area contributed by atoms with Crippen LogP contribution < -0.4 is 11.1 Å². The Balaban J connectivity index is 1.28. The second-order valence-electron chi connectivity index (χ2n) is 7.90. The maximum absolute atomic E-state index is 14.7. The molecule has 1 unspecified atom stereocenters. The molecule has 4 aromatic rings. The lowest BCUT2D eigenvalue weighted by Gasteiger charge is -2.26. The third-order valence-corrected chi connectivity index (χ3v) is 5.80. The lowest BCUT2D eigenvalue weighted by atomic mass is 9.87. The summed E-state index contributed by atoms with van der Waals surface area (Å²) in [6, 6.07) is 19.9. The molecule has 0 aliphatic heterocycles. The highest BCUT2D eigenvalue weighted by atomic mass is 19.1. The Hall–Kier alpha value is -4.00. The van der Waals surface area contributed by atoms with Gasteiger partial charge in [0, 0.05) is 11.6 Å². The van der Waals surface area contributed by atoms with Crippen LogP contribution in [0.4, 0.5) is 4.39 Å². The molecule has 0 radical (unpaired) electrons. The molecule has 1 aromatic heterocycles. The van der Waals surface area contributed by atoms with Crippen LogP contribution in [0, 0.1) is 5.82 Å². The highest BCUT2D eigenvalue weighted by molar-refractivity contribution is 5.95. The fourth-order valence-electron chi connectivity index (χ4n) is 4.15. The predicted octanol–water partition coefficient (Wildman–Crippen LogP) is 4.12. The van der Waals surface area contributed by atoms with Crippen LogP contribution in [0.1, 0.15) is 27.9 Å². The van der Waals surface area contributed by atoms with E-state index in [2.05, 4.69) is 20.0 Å². The van der Waals surface area contributed by atoms with E-state index >= 15 is 0 Å². The highest BCUT2D eigenvalue weighted by Crippen LogP contribution is 2.27. The summed E-state index contributed by atoms with van der Waals surface area (Å²) in [5, 5.41) is 6.69. The smallest absolute Gasteiger partial charge is 0.349 e. The van der Waals surface area contributed by atoms with Gasteiger partial charge in [-0.3, -0.25) is 14.3 Å². The van der Waals surface area contributed by atoms with Gasteiger partial charge >= 0.3 is 5.76 Å². The van der Waals surface area contributed by atoms with Crippen molar-refractivity contribution < 1.29 is 13.7 Å². The molecule has 6 nitrogen and oxygen atoms in total. The first-order valence-corrected chi connectivity index (χ1v) is 10.4. The highest BCUT2D eigenvalue weighted by Gasteiger charge is 2.23. The molecule has 0 fully saturated rings. The van der Waals surface area contributed by atoms with E-state index in [1.54, 1.807) is 6.07 Å². The van der Waals surface area contributed by atoms with E-state index in [9.17, 15) is 14.0 Å². The number of H-pyrrole nitrogens is 1. The maximum atomic E-state index is 14.7. The van der Waals surface area contributed by atoms with Crippen molar-refractivity contribution in [2.24, 2.45) is 0 Å². The Labute approximate surface area is 183 Å². The van der Waals surface area contributed by atoms with Crippen molar-refractivity contribution in [1.29, 1.82) is 0 Å². The van der Waals surface area contributed by atoms with Crippen molar-refractivity contribution in [3.05, 3.63) is 99.8 Å². The lowest BCUT2D eigenvalue weighted by Crippen LogP contribution is -2.39. The van der Waals surface area contributed by atoms with Gasteiger partial charge in [-0.15, -0.1) is 0 Å². The summed E-state index contributed by atoms with van der Waals surface area (Å²) in [5.74, 6) is -1.15. The molecule has 1 atom stereocenters. The van der Waals surface area contributed by atoms with E-state index in [1.807, 2.05) is 48.5 Å². The van der Waals surface area contributed by atoms with Gasteiger partial charge in [0.15, 0.2) is 5.82 Å². The molecule has 1 heterocycles. The van der Waals surface area contributed by atoms with Gasteiger partial charge in [0.25, 0.3) is 5.91 Å². The van der Waals surface area contributed by atoms with Crippen LogP contribution in [0.2, 0.25) is 0 Å². The van der Waals surface area contributed by atoms with Crippen molar-refractivity contribution in [3.8, 4) is 22.5 Å². The van der Waals surface area contributed by atoms with Crippen molar-refractivity contribution in [3.63, 3.8) is 0 Å². The van der Waals surface area contributed by atoms with Gasteiger partial charge in [-0.25, -0.2) is 9.18 Å². The van der Waals surface area contributed by atoms with Crippen molar-refractivity contribution >= 4 is 5.91 Å². The second-order valence-corrected chi connectivity index (χ2v) is 7.90. The fourth-order valence-corrected chi connectivity index (χ4v) is 4.15. The van der Waals surface area contributed by atoms with Gasteiger partial charge in [-0.05, 0) is 59.7 Å². The minimum atomic E-state index is -0.593. The van der Waals surface area contributed by atoms with Crippen LogP contribution in [-0.4, -0.2) is 22.1 Å². The molecule has 160 valence electrons. The van der Waals surface area contributed by atoms with Crippen molar-refractivity contribution in [2.75, 3.05) is 0 Å². The largest absolute Gasteiger partial charge is 0.439 e. The van der Waals surface area contributed by atoms with Gasteiger partial charge in [-0.1, -0.05) is 53.7 Å². The Morgan fingerprint density at radius 3 is 2.56 bits per heavy atom. The first kappa shape index (κ1) is 19.9. The number of halogens is 1. The molecule has 0 saturated carbocycles. The van der Waals surface area contributed by atoms with E-state index < -0.39 is 17.5 Å². The van der Waals surface area contributed by atoms with Gasteiger partial charge in [0.1, 0.15) is 5.82 Å². The Bertz CT molecular complexity index is 1340. The van der Waals surface area contributed by atoms with Crippen molar-refractivity contribution in [2.45, 2.75) is 25.3 Å². The topological polar surface area (TPSA) is 88.0 Å². The number of carbonyl (C=O) groups excluding carboxylic acids is 1. The molecule has 5 rings (SSSR count). The van der Waals surface area contributed by atoms with Crippen LogP contribution in [0.15, 0.2) is 76.0 Å². The van der Waals surface area contributed by atoms with Gasteiger partial charge in [0.05, 0.1) is 5.56 Å². The number of carbonyl (C=O) groups is 1. The molecule has 1 amide bonds. The van der Waals surface area contributed by atoms with E-state index in [0.717, 1.165) is 40.7 Å². The minimum Gasteiger partial charge on any atom is -0.349 e. The van der Waals surface area contributed by atoms with Gasteiger partial charge in [-0.2, -0.15) is 0 Å². The molecular formula is C25H20FN3O3. The zero-order chi connectivity index (χ0) is 22.1. The fraction of sp³-hybridized carbons (Fsp3) is 0.160. The van der Waals surface area contributed by atoms with Gasteiger partial charge in [0.2, 0.25) is 0 Å². The average molecular weight is 429 g/mol. The van der Waals surface area contributed by atoms with Crippen molar-refractivity contribution in [1.82, 2.24) is 15.5 Å². The normalized spacial score (nSPS) is 15.2. The summed E-state index contributed by atoms with van der Waals surface area (Å²) in [6.07, 6.45) is 2.15. The standard InChI is InChI=1S/C25H20FN3O3/c26-22-14-18(15-4-2-1-3-5-15)9-11-21(22)24(30)27-20-10-8-16-12-19(7-6-17(16)13-20)23-28-25(31)32-29-23/h1-7,9,11-12,14,20H,8,10,13H2,(H,27,30)(H,28,29,31). The Kier molecular flexibility index (Phi) is 5.15. The molecular weight excluding hydrogens is 409 g/mol. The lowest BCUT2D eigenvalue weighted by molar-refractivity contribution is 0.0929. The summed E-state index contributed by atoms with van der Waals surface area (Å²) >= 11 is 0. The van der Waals surface area contributed by atoms with Crippen LogP contribution in [-0.2, 0) is 12.8 Å². The Morgan fingerprint density at radius 2 is 1.81 bits per heavy atom. The van der Waals surface area contributed by atoms with Crippen LogP contribution >= 0.6 is 0 Å². The van der Waals surface area contributed by atoms with E-state index in [0.29, 0.717) is 12.2 Å². The first-order valence-electron chi connectivity index (χ1n) is 10.4. The molecule has 7 heteroatoms. The SMILES string of the molecule is O=C(NC1CCc2cc(-c3noc(=O)[nH]3)ccc2C1)c1ccc(-c2ccccc2)cc1F. The number of rotatable bonds is 4. The number of hydrogen-bond donors (Lipinski definition) is 2. The number of aryl methyl sites for hydroxylation is 1. The number of nitrogens with zero attached hydrogens (tertiary/aromatic N) is 1. The number of nitrogens with one attached hydrogen (secondary N) is 2. The third kappa shape index (κ3) is 3.97. The zero-order valence-electron chi connectivity index (χ0n) is 17.1. The first-order chi connectivity index (χ1) is 15.6. The summed E-state index contributed by atoms with van der Waals surface area (Å²) in [7, 11) is 0. The minimum absolute atomic E-state index is 0.0424. The number of hydrogen-bond acceptors (Lipinski definition) is 4. The van der Waals surface area contributed by atoms with Crippen LogP contribution in [0.5, 0.6) is 0 Å². The third-order valence-electron chi connectivity index (χ3n) is 5.80. The number of aromatic amines is 1. The summed E-state index contributed by atoms with van der Waals surface area (Å²) < 4.78 is 19.3. The second kappa shape index (κ2) is 8.26. The van der Waals surface area contributed by atoms with E-state index in [4.69, 9.17) is 0 Å². The number of benzene rings is 3. The molecule has 3 aromatic carbocycles. The quantitative estimate of drug-likeness (QED) is 0.511. The van der Waals surface area contributed by atoms with E-state index in [1.165, 1.54) is 12.1 Å².